The fraction of sp³-hybridized carbons (Fsp3) is 0.174. The summed E-state index contributed by atoms with van der Waals surface area (Å²) in [6, 6.07) is 14.2. The zero-order valence-corrected chi connectivity index (χ0v) is 18.2. The number of primary amides is 1. The minimum atomic E-state index is -0.606. The van der Waals surface area contributed by atoms with Gasteiger partial charge < -0.3 is 16.0 Å². The van der Waals surface area contributed by atoms with Gasteiger partial charge in [-0.15, -0.1) is 11.3 Å². The first-order valence-corrected chi connectivity index (χ1v) is 11.2. The van der Waals surface area contributed by atoms with Crippen LogP contribution in [0.25, 0.3) is 0 Å². The van der Waals surface area contributed by atoms with Gasteiger partial charge in [-0.1, -0.05) is 30.3 Å². The summed E-state index contributed by atoms with van der Waals surface area (Å²) >= 11 is 1.19. The minimum Gasteiger partial charge on any atom is -0.369 e. The molecule has 0 unspecified atom stereocenters. The highest BCUT2D eigenvalue weighted by Gasteiger charge is 2.47. The van der Waals surface area contributed by atoms with Gasteiger partial charge in [0.05, 0.1) is 23.4 Å². The first-order valence-electron chi connectivity index (χ1n) is 10.3. The van der Waals surface area contributed by atoms with Crippen LogP contribution in [0.4, 0.5) is 10.8 Å². The molecule has 1 aromatic heterocycles. The summed E-state index contributed by atoms with van der Waals surface area (Å²) in [4.78, 5) is 57.5. The number of carbonyl (C=O) groups excluding carboxylic acids is 4. The van der Waals surface area contributed by atoms with E-state index in [1.165, 1.54) is 11.3 Å². The number of hydrogen-bond donors (Lipinski definition) is 2. The Labute approximate surface area is 192 Å². The molecule has 5 rings (SSSR count). The summed E-state index contributed by atoms with van der Waals surface area (Å²) in [7, 11) is 0. The topological polar surface area (TPSA) is 126 Å². The number of hydrogen-bond acceptors (Lipinski definition) is 6. The van der Waals surface area contributed by atoms with E-state index in [2.05, 4.69) is 10.3 Å². The highest BCUT2D eigenvalue weighted by atomic mass is 32.1. The van der Waals surface area contributed by atoms with Gasteiger partial charge in [-0.05, 0) is 18.2 Å². The van der Waals surface area contributed by atoms with Gasteiger partial charge in [0.25, 0.3) is 11.8 Å². The predicted molar refractivity (Wildman–Crippen MR) is 122 cm³/mol. The number of benzene rings is 2. The zero-order chi connectivity index (χ0) is 23.1. The third-order valence-electron chi connectivity index (χ3n) is 5.62. The van der Waals surface area contributed by atoms with Crippen molar-refractivity contribution in [3.63, 3.8) is 0 Å². The molecule has 0 spiro atoms. The van der Waals surface area contributed by atoms with E-state index in [0.29, 0.717) is 27.6 Å². The molecule has 2 aliphatic rings. The van der Waals surface area contributed by atoms with Crippen molar-refractivity contribution in [2.45, 2.75) is 19.0 Å². The van der Waals surface area contributed by atoms with Crippen LogP contribution < -0.4 is 16.0 Å². The largest absolute Gasteiger partial charge is 0.369 e. The summed E-state index contributed by atoms with van der Waals surface area (Å²) in [6.45, 7) is 0.112. The monoisotopic (exact) mass is 461 g/mol. The molecule has 0 radical (unpaired) electrons. The van der Waals surface area contributed by atoms with Gasteiger partial charge in [0.2, 0.25) is 11.8 Å². The van der Waals surface area contributed by atoms with Crippen molar-refractivity contribution in [3.05, 3.63) is 76.3 Å². The predicted octanol–water partition coefficient (Wildman–Crippen LogP) is 2.31. The van der Waals surface area contributed by atoms with Crippen LogP contribution in [0.2, 0.25) is 0 Å². The Morgan fingerprint density at radius 2 is 1.76 bits per heavy atom. The summed E-state index contributed by atoms with van der Waals surface area (Å²) in [6.07, 6.45) is -0.593. The normalized spacial score (nSPS) is 16.3. The number of nitrogens with one attached hydrogen (secondary N) is 1. The van der Waals surface area contributed by atoms with Crippen molar-refractivity contribution < 1.29 is 19.2 Å². The van der Waals surface area contributed by atoms with Crippen molar-refractivity contribution in [2.75, 3.05) is 16.8 Å². The first-order chi connectivity index (χ1) is 15.9. The molecule has 10 heteroatoms. The van der Waals surface area contributed by atoms with Crippen LogP contribution in [-0.2, 0) is 16.0 Å². The number of thiazole rings is 1. The second-order valence-corrected chi connectivity index (χ2v) is 8.60. The number of para-hydroxylation sites is 1. The highest BCUT2D eigenvalue weighted by Crippen LogP contribution is 2.45. The summed E-state index contributed by atoms with van der Waals surface area (Å²) in [5.74, 6) is -1.24. The number of carbonyl (C=O) groups is 4. The summed E-state index contributed by atoms with van der Waals surface area (Å²) in [5.41, 5.74) is 7.94. The molecule has 0 aliphatic carbocycles. The fourth-order valence-electron chi connectivity index (χ4n) is 4.23. The van der Waals surface area contributed by atoms with Crippen molar-refractivity contribution in [2.24, 2.45) is 5.73 Å². The molecule has 33 heavy (non-hydrogen) atoms. The van der Waals surface area contributed by atoms with Crippen molar-refractivity contribution in [1.29, 1.82) is 0 Å². The van der Waals surface area contributed by atoms with Crippen molar-refractivity contribution >= 4 is 45.8 Å². The minimum absolute atomic E-state index is 0.000981. The Morgan fingerprint density at radius 3 is 2.55 bits per heavy atom. The van der Waals surface area contributed by atoms with Gasteiger partial charge in [0, 0.05) is 29.5 Å². The second kappa shape index (κ2) is 8.14. The lowest BCUT2D eigenvalue weighted by molar-refractivity contribution is -0.117. The van der Waals surface area contributed by atoms with Gasteiger partial charge in [-0.25, -0.2) is 4.98 Å². The molecule has 0 saturated heterocycles. The number of nitrogens with zero attached hydrogens (tertiary/aromatic N) is 3. The maximum atomic E-state index is 13.4. The second-order valence-electron chi connectivity index (χ2n) is 7.74. The molecule has 3 aromatic rings. The van der Waals surface area contributed by atoms with Crippen molar-refractivity contribution in [3.8, 4) is 0 Å². The van der Waals surface area contributed by atoms with E-state index in [1.807, 2.05) is 12.1 Å². The van der Waals surface area contributed by atoms with Crippen LogP contribution in [0.3, 0.4) is 0 Å². The molecule has 3 heterocycles. The molecule has 1 atom stereocenters. The SMILES string of the molecule is NC(=O)Cc1csc(NC(=O)CCN2C(=O)c3ccccc3N3C(=O)c4ccccc4[C@H]23)n1. The molecule has 2 aliphatic heterocycles. The van der Waals surface area contributed by atoms with E-state index < -0.39 is 12.1 Å². The molecule has 0 fully saturated rings. The van der Waals surface area contributed by atoms with E-state index in [0.717, 1.165) is 5.56 Å². The lowest BCUT2D eigenvalue weighted by Gasteiger charge is -2.40. The van der Waals surface area contributed by atoms with Crippen LogP contribution in [0.1, 0.15) is 44.6 Å². The Hall–Kier alpha value is -4.05. The lowest BCUT2D eigenvalue weighted by atomic mass is 10.0. The van der Waals surface area contributed by atoms with Crippen LogP contribution >= 0.6 is 11.3 Å². The quantitative estimate of drug-likeness (QED) is 0.583. The van der Waals surface area contributed by atoms with E-state index in [9.17, 15) is 19.2 Å². The van der Waals surface area contributed by atoms with E-state index in [4.69, 9.17) is 5.73 Å². The highest BCUT2D eigenvalue weighted by molar-refractivity contribution is 7.13. The first kappa shape index (κ1) is 20.8. The molecular weight excluding hydrogens is 442 g/mol. The van der Waals surface area contributed by atoms with E-state index >= 15 is 0 Å². The van der Waals surface area contributed by atoms with Crippen molar-refractivity contribution in [1.82, 2.24) is 9.88 Å². The molecule has 9 nitrogen and oxygen atoms in total. The molecular formula is C23H19N5O4S. The van der Waals surface area contributed by atoms with E-state index in [-0.39, 0.29) is 37.1 Å². The van der Waals surface area contributed by atoms with Gasteiger partial charge in [0.1, 0.15) is 6.17 Å². The molecule has 0 saturated carbocycles. The van der Waals surface area contributed by atoms with Gasteiger partial charge in [-0.2, -0.15) is 0 Å². The summed E-state index contributed by atoms with van der Waals surface area (Å²) in [5, 5.41) is 4.71. The lowest BCUT2D eigenvalue weighted by Crippen LogP contribution is -2.48. The number of rotatable bonds is 6. The molecule has 166 valence electrons. The van der Waals surface area contributed by atoms with E-state index in [1.54, 1.807) is 51.6 Å². The fourth-order valence-corrected chi connectivity index (χ4v) is 4.95. The van der Waals surface area contributed by atoms with Gasteiger partial charge >= 0.3 is 0 Å². The molecule has 4 amide bonds. The molecule has 3 N–H and O–H groups in total. The third kappa shape index (κ3) is 3.64. The number of fused-ring (bicyclic) bond motifs is 5. The van der Waals surface area contributed by atoms with Gasteiger partial charge in [0.15, 0.2) is 5.13 Å². The molecule has 0 bridgehead atoms. The van der Waals surface area contributed by atoms with Crippen LogP contribution in [0.5, 0.6) is 0 Å². The average molecular weight is 462 g/mol. The molecule has 2 aromatic carbocycles. The van der Waals surface area contributed by atoms with Gasteiger partial charge in [-0.3, -0.25) is 24.1 Å². The maximum absolute atomic E-state index is 13.4. The van der Waals surface area contributed by atoms with Crippen LogP contribution in [0, 0.1) is 0 Å². The number of nitrogens with two attached hydrogens (primary N) is 1. The third-order valence-corrected chi connectivity index (χ3v) is 6.42. The Balaban J connectivity index is 1.38. The number of amides is 4. The summed E-state index contributed by atoms with van der Waals surface area (Å²) < 4.78 is 0. The van der Waals surface area contributed by atoms with Crippen LogP contribution in [-0.4, -0.2) is 40.1 Å². The standard InChI is InChI=1S/C23H19N5O4S/c24-18(29)11-13-12-33-23(25-13)26-19(30)9-10-27-20-14-5-1-2-6-15(14)22(32)28(20)17-8-4-3-7-16(17)21(27)31/h1-8,12,20H,9-11H2,(H2,24,29)(H,25,26,30)/t20-/m1/s1. The maximum Gasteiger partial charge on any atom is 0.260 e. The Bertz CT molecular complexity index is 1300. The Kier molecular flexibility index (Phi) is 5.14. The average Bonchev–Trinajstić information content (AvgIpc) is 3.35. The number of aromatic nitrogens is 1. The number of anilines is 2. The Morgan fingerprint density at radius 1 is 1.03 bits per heavy atom. The zero-order valence-electron chi connectivity index (χ0n) is 17.4. The smallest absolute Gasteiger partial charge is 0.260 e. The van der Waals surface area contributed by atoms with Crippen LogP contribution in [0.15, 0.2) is 53.9 Å².